The highest BCUT2D eigenvalue weighted by atomic mass is 35.5. The second-order valence-electron chi connectivity index (χ2n) is 5.25. The summed E-state index contributed by atoms with van der Waals surface area (Å²) in [5.41, 5.74) is 1.61. The molecule has 5 nitrogen and oxygen atoms in total. The Morgan fingerprint density at radius 2 is 1.61 bits per heavy atom. The summed E-state index contributed by atoms with van der Waals surface area (Å²) < 4.78 is 11.0. The van der Waals surface area contributed by atoms with E-state index in [1.165, 1.54) is 12.1 Å². The van der Waals surface area contributed by atoms with E-state index in [2.05, 4.69) is 0 Å². The number of phenolic OH excluding ortho intramolecular Hbond substituents is 2. The Balaban J connectivity index is 0.00000264. The predicted molar refractivity (Wildman–Crippen MR) is 93.1 cm³/mol. The van der Waals surface area contributed by atoms with Crippen molar-refractivity contribution in [1.82, 2.24) is 4.90 Å². The smallest absolute Gasteiger partial charge is 0.158 e. The summed E-state index contributed by atoms with van der Waals surface area (Å²) in [6.07, 6.45) is 0. The van der Waals surface area contributed by atoms with Crippen LogP contribution in [0.3, 0.4) is 0 Å². The van der Waals surface area contributed by atoms with Crippen molar-refractivity contribution >= 4 is 12.4 Å². The first-order valence-corrected chi connectivity index (χ1v) is 6.98. The molecule has 2 aromatic rings. The van der Waals surface area contributed by atoms with Crippen LogP contribution in [0.4, 0.5) is 0 Å². The summed E-state index contributed by atoms with van der Waals surface area (Å²) in [5.74, 6) is 1.07. The summed E-state index contributed by atoms with van der Waals surface area (Å²) in [5, 5.41) is 19.1. The van der Waals surface area contributed by atoms with Crippen molar-refractivity contribution < 1.29 is 19.7 Å². The average Bonchev–Trinajstić information content (AvgIpc) is 2.49. The first-order valence-electron chi connectivity index (χ1n) is 6.98. The van der Waals surface area contributed by atoms with E-state index < -0.39 is 0 Å². The molecule has 0 fully saturated rings. The second kappa shape index (κ2) is 8.50. The van der Waals surface area contributed by atoms with E-state index in [1.54, 1.807) is 13.2 Å². The number of aromatic hydroxyl groups is 2. The number of hydrogen-bond acceptors (Lipinski definition) is 5. The minimum absolute atomic E-state index is 0. The van der Waals surface area contributed by atoms with Crippen LogP contribution >= 0.6 is 12.4 Å². The summed E-state index contributed by atoms with van der Waals surface area (Å²) in [7, 11) is 5.57. The van der Waals surface area contributed by atoms with Gasteiger partial charge in [-0.05, 0) is 49.5 Å². The van der Waals surface area contributed by atoms with Gasteiger partial charge in [0.1, 0.15) is 18.1 Å². The first-order chi connectivity index (χ1) is 10.5. The maximum Gasteiger partial charge on any atom is 0.158 e. The fraction of sp³-hybridized carbons (Fsp3) is 0.294. The van der Waals surface area contributed by atoms with Gasteiger partial charge >= 0.3 is 0 Å². The van der Waals surface area contributed by atoms with E-state index in [0.29, 0.717) is 18.1 Å². The van der Waals surface area contributed by atoms with Gasteiger partial charge < -0.3 is 24.6 Å². The Bertz CT molecular complexity index is 646. The molecule has 0 radical (unpaired) electrons. The van der Waals surface area contributed by atoms with E-state index >= 15 is 0 Å². The minimum Gasteiger partial charge on any atom is -0.504 e. The normalized spacial score (nSPS) is 10.3. The van der Waals surface area contributed by atoms with E-state index in [1.807, 2.05) is 37.2 Å². The molecule has 2 aromatic carbocycles. The van der Waals surface area contributed by atoms with E-state index in [-0.39, 0.29) is 23.9 Å². The van der Waals surface area contributed by atoms with Crippen LogP contribution in [0.2, 0.25) is 0 Å². The molecule has 0 aliphatic rings. The molecule has 0 saturated carbocycles. The Hall–Kier alpha value is -2.11. The van der Waals surface area contributed by atoms with Crippen molar-refractivity contribution in [2.75, 3.05) is 34.4 Å². The predicted octanol–water partition coefficient (Wildman–Crippen LogP) is 3.14. The van der Waals surface area contributed by atoms with Crippen molar-refractivity contribution in [2.24, 2.45) is 0 Å². The summed E-state index contributed by atoms with van der Waals surface area (Å²) in [4.78, 5) is 2.04. The molecule has 0 heterocycles. The van der Waals surface area contributed by atoms with Crippen LogP contribution in [-0.2, 0) is 0 Å². The lowest BCUT2D eigenvalue weighted by atomic mass is 10.0. The van der Waals surface area contributed by atoms with E-state index in [4.69, 9.17) is 9.47 Å². The molecule has 0 aliphatic carbocycles. The molecule has 6 heteroatoms. The topological polar surface area (TPSA) is 62.2 Å². The Morgan fingerprint density at radius 1 is 0.913 bits per heavy atom. The van der Waals surface area contributed by atoms with E-state index in [9.17, 15) is 10.2 Å². The lowest BCUT2D eigenvalue weighted by Gasteiger charge is -2.13. The molecule has 2 rings (SSSR count). The van der Waals surface area contributed by atoms with Gasteiger partial charge in [0.2, 0.25) is 0 Å². The van der Waals surface area contributed by atoms with Crippen molar-refractivity contribution in [2.45, 2.75) is 0 Å². The third-order valence-electron chi connectivity index (χ3n) is 3.23. The van der Waals surface area contributed by atoms with Gasteiger partial charge in [-0.1, -0.05) is 6.07 Å². The number of hydrogen-bond donors (Lipinski definition) is 2. The third-order valence-corrected chi connectivity index (χ3v) is 3.23. The molecular weight excluding hydrogens is 318 g/mol. The SMILES string of the molecule is COc1cc(OCCN(C)C)cc(-c2ccc(O)c(O)c2)c1.Cl. The van der Waals surface area contributed by atoms with Crippen LogP contribution < -0.4 is 9.47 Å². The summed E-state index contributed by atoms with van der Waals surface area (Å²) in [6, 6.07) is 10.2. The van der Waals surface area contributed by atoms with Gasteiger partial charge in [0.15, 0.2) is 11.5 Å². The molecule has 0 aromatic heterocycles. The molecule has 0 saturated heterocycles. The highest BCUT2D eigenvalue weighted by Crippen LogP contribution is 2.34. The maximum atomic E-state index is 9.64. The van der Waals surface area contributed by atoms with Crippen LogP contribution in [0, 0.1) is 0 Å². The molecule has 0 unspecified atom stereocenters. The number of methoxy groups -OCH3 is 1. The van der Waals surface area contributed by atoms with Crippen molar-refractivity contribution in [3.8, 4) is 34.1 Å². The highest BCUT2D eigenvalue weighted by molar-refractivity contribution is 5.85. The average molecular weight is 340 g/mol. The number of nitrogens with zero attached hydrogens (tertiary/aromatic N) is 1. The van der Waals surface area contributed by atoms with Crippen LogP contribution in [0.1, 0.15) is 0 Å². The van der Waals surface area contributed by atoms with Crippen molar-refractivity contribution in [3.05, 3.63) is 36.4 Å². The van der Waals surface area contributed by atoms with Crippen molar-refractivity contribution in [1.29, 1.82) is 0 Å². The number of phenols is 2. The lowest BCUT2D eigenvalue weighted by molar-refractivity contribution is 0.260. The van der Waals surface area contributed by atoms with Crippen LogP contribution in [0.5, 0.6) is 23.0 Å². The third kappa shape index (κ3) is 5.23. The molecule has 0 spiro atoms. The van der Waals surface area contributed by atoms with Gasteiger partial charge in [-0.15, -0.1) is 12.4 Å². The van der Waals surface area contributed by atoms with E-state index in [0.717, 1.165) is 17.7 Å². The molecule has 126 valence electrons. The Labute approximate surface area is 142 Å². The zero-order chi connectivity index (χ0) is 16.1. The maximum absolute atomic E-state index is 9.64. The van der Waals surface area contributed by atoms with Crippen LogP contribution in [-0.4, -0.2) is 49.5 Å². The number of benzene rings is 2. The zero-order valence-corrected chi connectivity index (χ0v) is 14.3. The van der Waals surface area contributed by atoms with Gasteiger partial charge in [-0.25, -0.2) is 0 Å². The fourth-order valence-corrected chi connectivity index (χ4v) is 1.99. The van der Waals surface area contributed by atoms with Gasteiger partial charge in [-0.3, -0.25) is 0 Å². The summed E-state index contributed by atoms with van der Waals surface area (Å²) in [6.45, 7) is 1.38. The number of rotatable bonds is 6. The largest absolute Gasteiger partial charge is 0.504 e. The number of likely N-dealkylation sites (N-methyl/N-ethyl adjacent to an activating group) is 1. The van der Waals surface area contributed by atoms with Crippen molar-refractivity contribution in [3.63, 3.8) is 0 Å². The molecule has 0 amide bonds. The Morgan fingerprint density at radius 3 is 2.22 bits per heavy atom. The van der Waals surface area contributed by atoms with Crippen LogP contribution in [0.15, 0.2) is 36.4 Å². The van der Waals surface area contributed by atoms with Gasteiger partial charge in [0.05, 0.1) is 7.11 Å². The molecule has 0 atom stereocenters. The highest BCUT2D eigenvalue weighted by Gasteiger charge is 2.08. The van der Waals surface area contributed by atoms with Crippen LogP contribution in [0.25, 0.3) is 11.1 Å². The Kier molecular flexibility index (Phi) is 7.00. The van der Waals surface area contributed by atoms with Gasteiger partial charge in [-0.2, -0.15) is 0 Å². The summed E-state index contributed by atoms with van der Waals surface area (Å²) >= 11 is 0. The standard InChI is InChI=1S/C17H21NO4.ClH/c1-18(2)6-7-22-15-9-13(8-14(11-15)21-3)12-4-5-16(19)17(20)10-12;/h4-5,8-11,19-20H,6-7H2,1-3H3;1H. The molecule has 0 bridgehead atoms. The monoisotopic (exact) mass is 339 g/mol. The van der Waals surface area contributed by atoms with Gasteiger partial charge in [0, 0.05) is 12.6 Å². The first kappa shape index (κ1) is 18.9. The fourth-order valence-electron chi connectivity index (χ4n) is 1.99. The molecular formula is C17H22ClNO4. The quantitative estimate of drug-likeness (QED) is 0.792. The second-order valence-corrected chi connectivity index (χ2v) is 5.25. The van der Waals surface area contributed by atoms with Gasteiger partial charge in [0.25, 0.3) is 0 Å². The molecule has 0 aliphatic heterocycles. The number of halogens is 1. The molecule has 23 heavy (non-hydrogen) atoms. The lowest BCUT2D eigenvalue weighted by Crippen LogP contribution is -2.19. The number of ether oxygens (including phenoxy) is 2. The molecule has 2 N–H and O–H groups in total. The zero-order valence-electron chi connectivity index (χ0n) is 13.4. The minimum atomic E-state index is -0.157.